The van der Waals surface area contributed by atoms with Crippen molar-refractivity contribution in [2.75, 3.05) is 6.54 Å². The molecule has 0 aliphatic carbocycles. The molecule has 2 amide bonds. The van der Waals surface area contributed by atoms with Crippen molar-refractivity contribution in [3.05, 3.63) is 0 Å². The number of carbonyl (C=O) groups is 2. The highest BCUT2D eigenvalue weighted by Gasteiger charge is 2.37. The van der Waals surface area contributed by atoms with Crippen molar-refractivity contribution in [3.8, 4) is 0 Å². The Morgan fingerprint density at radius 1 is 1.92 bits per heavy atom. The molecule has 1 heterocycles. The van der Waals surface area contributed by atoms with Crippen molar-refractivity contribution in [2.45, 2.75) is 18.3 Å². The number of nitrogens with one attached hydrogen (secondary N) is 1. The number of thiol groups is 1. The number of nitrogens with zero attached hydrogens (tertiary/aromatic N) is 1. The van der Waals surface area contributed by atoms with Crippen LogP contribution in [0.15, 0.2) is 0 Å². The van der Waals surface area contributed by atoms with Gasteiger partial charge in [0, 0.05) is 0 Å². The largest absolute Gasteiger partial charge is 0.480 e. The lowest BCUT2D eigenvalue weighted by Gasteiger charge is -2.22. The van der Waals surface area contributed by atoms with Gasteiger partial charge >= 0.3 is 12.0 Å². The van der Waals surface area contributed by atoms with Crippen LogP contribution in [-0.4, -0.2) is 40.0 Å². The van der Waals surface area contributed by atoms with Crippen LogP contribution in [0.5, 0.6) is 0 Å². The second kappa shape index (κ2) is 3.22. The average molecular weight is 190 g/mol. The molecular formula is C6H10N2O3S. The van der Waals surface area contributed by atoms with Gasteiger partial charge in [0.25, 0.3) is 0 Å². The van der Waals surface area contributed by atoms with E-state index in [1.165, 1.54) is 4.90 Å². The maximum absolute atomic E-state index is 11.0. The number of hydrogen-bond acceptors (Lipinski definition) is 3. The van der Waals surface area contributed by atoms with E-state index in [1.807, 2.05) is 0 Å². The number of hydrogen-bond donors (Lipinski definition) is 3. The Hall–Kier alpha value is -0.910. The van der Waals surface area contributed by atoms with Gasteiger partial charge in [-0.2, -0.15) is 12.6 Å². The van der Waals surface area contributed by atoms with Crippen LogP contribution in [-0.2, 0) is 4.79 Å². The van der Waals surface area contributed by atoms with Crippen LogP contribution in [0.3, 0.4) is 0 Å². The van der Waals surface area contributed by atoms with Gasteiger partial charge in [-0.25, -0.2) is 9.59 Å². The van der Waals surface area contributed by atoms with Gasteiger partial charge in [0.2, 0.25) is 0 Å². The lowest BCUT2D eigenvalue weighted by atomic mass is 10.3. The third-order valence-electron chi connectivity index (χ3n) is 1.70. The monoisotopic (exact) mass is 190 g/mol. The van der Waals surface area contributed by atoms with Gasteiger partial charge in [-0.1, -0.05) is 0 Å². The molecule has 12 heavy (non-hydrogen) atoms. The van der Waals surface area contributed by atoms with E-state index in [0.717, 1.165) is 0 Å². The Kier molecular flexibility index (Phi) is 2.46. The van der Waals surface area contributed by atoms with Crippen molar-refractivity contribution in [3.63, 3.8) is 0 Å². The van der Waals surface area contributed by atoms with E-state index in [4.69, 9.17) is 5.11 Å². The highest BCUT2D eigenvalue weighted by molar-refractivity contribution is 7.80. The number of urea groups is 1. The van der Waals surface area contributed by atoms with E-state index in [9.17, 15) is 9.59 Å². The first-order chi connectivity index (χ1) is 5.54. The van der Waals surface area contributed by atoms with Gasteiger partial charge in [-0.3, -0.25) is 4.90 Å². The summed E-state index contributed by atoms with van der Waals surface area (Å²) in [4.78, 5) is 22.8. The molecule has 2 N–H and O–H groups in total. The molecule has 6 heteroatoms. The Morgan fingerprint density at radius 3 is 2.83 bits per heavy atom. The first-order valence-electron chi connectivity index (χ1n) is 3.51. The minimum atomic E-state index is -1.01. The molecule has 1 aliphatic rings. The van der Waals surface area contributed by atoms with Crippen LogP contribution in [0, 0.1) is 0 Å². The van der Waals surface area contributed by atoms with E-state index in [2.05, 4.69) is 17.9 Å². The maximum atomic E-state index is 11.0. The topological polar surface area (TPSA) is 69.6 Å². The second-order valence-corrected chi connectivity index (χ2v) is 3.33. The molecule has 0 bridgehead atoms. The number of amides is 2. The lowest BCUT2D eigenvalue weighted by Crippen LogP contribution is -2.42. The molecule has 1 aliphatic heterocycles. The zero-order valence-electron chi connectivity index (χ0n) is 6.52. The zero-order valence-corrected chi connectivity index (χ0v) is 7.41. The molecular weight excluding hydrogens is 180 g/mol. The van der Waals surface area contributed by atoms with Crippen LogP contribution in [0.4, 0.5) is 4.79 Å². The molecule has 1 saturated heterocycles. The van der Waals surface area contributed by atoms with Crippen LogP contribution in [0.1, 0.15) is 6.92 Å². The van der Waals surface area contributed by atoms with Gasteiger partial charge in [-0.05, 0) is 6.92 Å². The van der Waals surface area contributed by atoms with Crippen molar-refractivity contribution in [1.82, 2.24) is 10.2 Å². The summed E-state index contributed by atoms with van der Waals surface area (Å²) in [5.41, 5.74) is 0. The average Bonchev–Trinajstić information content (AvgIpc) is 2.30. The van der Waals surface area contributed by atoms with Gasteiger partial charge < -0.3 is 10.4 Å². The molecule has 0 spiro atoms. The first-order valence-corrected chi connectivity index (χ1v) is 4.02. The van der Waals surface area contributed by atoms with Crippen molar-refractivity contribution < 1.29 is 14.7 Å². The van der Waals surface area contributed by atoms with Crippen molar-refractivity contribution >= 4 is 24.6 Å². The minimum absolute atomic E-state index is 0.152. The summed E-state index contributed by atoms with van der Waals surface area (Å²) in [7, 11) is 0. The molecule has 1 fully saturated rings. The van der Waals surface area contributed by atoms with E-state index in [-0.39, 0.29) is 17.9 Å². The number of carboxylic acids is 1. The fraction of sp³-hybridized carbons (Fsp3) is 0.667. The quantitative estimate of drug-likeness (QED) is 0.525. The van der Waals surface area contributed by atoms with E-state index >= 15 is 0 Å². The van der Waals surface area contributed by atoms with Crippen LogP contribution in [0.2, 0.25) is 0 Å². The summed E-state index contributed by atoms with van der Waals surface area (Å²) >= 11 is 4.01. The Labute approximate surface area is 75.1 Å². The van der Waals surface area contributed by atoms with Crippen molar-refractivity contribution in [1.29, 1.82) is 0 Å². The molecule has 2 atom stereocenters. The standard InChI is InChI=1S/C6H10N2O3S/c1-3(12)8-4(5(9)10)2-7-6(8)11/h3-4,12H,2H2,1H3,(H,7,11)(H,9,10)/t3-,4?/m0/s1. The Balaban J connectivity index is 2.77. The van der Waals surface area contributed by atoms with Gasteiger partial charge in [0.1, 0.15) is 6.04 Å². The third kappa shape index (κ3) is 1.47. The Morgan fingerprint density at radius 2 is 2.50 bits per heavy atom. The van der Waals surface area contributed by atoms with Crippen molar-refractivity contribution in [2.24, 2.45) is 0 Å². The van der Waals surface area contributed by atoms with Crippen LogP contribution < -0.4 is 5.32 Å². The summed E-state index contributed by atoms with van der Waals surface area (Å²) < 4.78 is 0. The summed E-state index contributed by atoms with van der Waals surface area (Å²) in [6.45, 7) is 1.81. The van der Waals surface area contributed by atoms with Crippen LogP contribution >= 0.6 is 12.6 Å². The SMILES string of the molecule is C[C@H](S)N1C(=O)NCC1C(=O)O. The lowest BCUT2D eigenvalue weighted by molar-refractivity contribution is -0.141. The fourth-order valence-electron chi connectivity index (χ4n) is 1.15. The zero-order chi connectivity index (χ0) is 9.30. The normalized spacial score (nSPS) is 25.3. The smallest absolute Gasteiger partial charge is 0.328 e. The van der Waals surface area contributed by atoms with E-state index in [0.29, 0.717) is 0 Å². The second-order valence-electron chi connectivity index (χ2n) is 2.58. The van der Waals surface area contributed by atoms with E-state index in [1.54, 1.807) is 6.92 Å². The third-order valence-corrected chi connectivity index (χ3v) is 1.95. The molecule has 0 saturated carbocycles. The molecule has 0 aromatic carbocycles. The summed E-state index contributed by atoms with van der Waals surface area (Å²) in [6.07, 6.45) is 0. The van der Waals surface area contributed by atoms with E-state index < -0.39 is 12.0 Å². The molecule has 1 unspecified atom stereocenters. The Bertz CT molecular complexity index is 219. The predicted molar refractivity (Wildman–Crippen MR) is 45.1 cm³/mol. The number of aliphatic carboxylic acids is 1. The predicted octanol–water partition coefficient (Wildman–Crippen LogP) is -0.259. The maximum Gasteiger partial charge on any atom is 0.328 e. The first kappa shape index (κ1) is 9.18. The minimum Gasteiger partial charge on any atom is -0.480 e. The molecule has 68 valence electrons. The fourth-order valence-corrected chi connectivity index (χ4v) is 1.42. The molecule has 0 radical (unpaired) electrons. The molecule has 0 aromatic rings. The van der Waals surface area contributed by atoms with Crippen LogP contribution in [0.25, 0.3) is 0 Å². The van der Waals surface area contributed by atoms with Gasteiger partial charge in [-0.15, -0.1) is 0 Å². The highest BCUT2D eigenvalue weighted by Crippen LogP contribution is 2.13. The summed E-state index contributed by atoms with van der Waals surface area (Å²) in [5, 5.41) is 10.7. The van der Waals surface area contributed by atoms with Gasteiger partial charge in [0.05, 0.1) is 11.9 Å². The number of carbonyl (C=O) groups excluding carboxylic acids is 1. The summed E-state index contributed by atoms with van der Waals surface area (Å²) in [5.74, 6) is -1.01. The van der Waals surface area contributed by atoms with Gasteiger partial charge in [0.15, 0.2) is 0 Å². The highest BCUT2D eigenvalue weighted by atomic mass is 32.1. The summed E-state index contributed by atoms with van der Waals surface area (Å²) in [6, 6.07) is -1.16. The molecule has 0 aromatic heterocycles. The molecule has 1 rings (SSSR count). The number of carboxylic acid groups (broad SMARTS) is 1. The molecule has 5 nitrogen and oxygen atoms in total. The number of rotatable bonds is 2.